The molecule has 0 fully saturated rings. The van der Waals surface area contributed by atoms with E-state index in [4.69, 9.17) is 5.11 Å². The number of hydrogen-bond donors (Lipinski definition) is 1. The fraction of sp³-hybridized carbons (Fsp3) is 0.800. The van der Waals surface area contributed by atoms with E-state index in [9.17, 15) is 4.79 Å². The van der Waals surface area contributed by atoms with Crippen LogP contribution in [-0.2, 0) is 4.79 Å². The molecule has 0 aromatic carbocycles. The van der Waals surface area contributed by atoms with Crippen molar-refractivity contribution in [2.24, 2.45) is 0 Å². The van der Waals surface area contributed by atoms with Crippen LogP contribution in [0.4, 0.5) is 0 Å². The van der Waals surface area contributed by atoms with Crippen LogP contribution in [0.15, 0.2) is 0 Å². The van der Waals surface area contributed by atoms with Gasteiger partial charge in [-0.25, -0.2) is 0 Å². The summed E-state index contributed by atoms with van der Waals surface area (Å²) in [6, 6.07) is 0. The van der Waals surface area contributed by atoms with Crippen molar-refractivity contribution in [2.45, 2.75) is 23.1 Å². The van der Waals surface area contributed by atoms with Crippen molar-refractivity contribution in [1.82, 2.24) is 0 Å². The van der Waals surface area contributed by atoms with Gasteiger partial charge in [0.05, 0.1) is 0 Å². The maximum atomic E-state index is 10.2. The molecule has 0 radical (unpaired) electrons. The van der Waals surface area contributed by atoms with Gasteiger partial charge in [-0.2, -0.15) is 0 Å². The summed E-state index contributed by atoms with van der Waals surface area (Å²) < 4.78 is -0.0671. The van der Waals surface area contributed by atoms with Gasteiger partial charge < -0.3 is 0 Å². The third kappa shape index (κ3) is 2.36. The first kappa shape index (κ1) is 8.03. The molecule has 0 aromatic rings. The van der Waals surface area contributed by atoms with E-state index in [1.165, 1.54) is 0 Å². The van der Waals surface area contributed by atoms with E-state index >= 15 is 0 Å². The summed E-state index contributed by atoms with van der Waals surface area (Å²) in [4.78, 5) is 10.2. The molecule has 0 bridgehead atoms. The van der Waals surface area contributed by atoms with Gasteiger partial charge in [0, 0.05) is 0 Å². The normalized spacial score (nSPS) is 14.0. The summed E-state index contributed by atoms with van der Waals surface area (Å²) in [6.07, 6.45) is 0. The summed E-state index contributed by atoms with van der Waals surface area (Å²) in [5, 5.41) is 8.39. The Bertz CT molecular complexity index is 90.4. The van der Waals surface area contributed by atoms with E-state index < -0.39 is 20.6 Å². The Balaban J connectivity index is 3.64. The Kier molecular flexibility index (Phi) is 3.14. The van der Waals surface area contributed by atoms with Gasteiger partial charge >= 0.3 is 53.6 Å². The van der Waals surface area contributed by atoms with E-state index in [0.717, 1.165) is 0 Å². The van der Waals surface area contributed by atoms with Crippen molar-refractivity contribution >= 4 is 20.6 Å². The Hall–Kier alpha value is 0.0284. The molecule has 0 amide bonds. The molecule has 0 heterocycles. The number of carbonyl (C=O) groups is 1. The second kappa shape index (κ2) is 3.13. The SMILES string of the molecule is CC(C(=O)O)[As](C)C. The van der Waals surface area contributed by atoms with E-state index in [-0.39, 0.29) is 4.71 Å². The van der Waals surface area contributed by atoms with Crippen LogP contribution in [0.25, 0.3) is 0 Å². The third-order valence-corrected chi connectivity index (χ3v) is 4.85. The van der Waals surface area contributed by atoms with Crippen LogP contribution in [0.3, 0.4) is 0 Å². The van der Waals surface area contributed by atoms with Crippen LogP contribution in [0, 0.1) is 0 Å². The third-order valence-electron chi connectivity index (χ3n) is 1.13. The second-order valence-electron chi connectivity index (χ2n) is 1.98. The van der Waals surface area contributed by atoms with Crippen LogP contribution in [0.2, 0.25) is 16.1 Å². The van der Waals surface area contributed by atoms with E-state index in [2.05, 4.69) is 0 Å². The van der Waals surface area contributed by atoms with Crippen molar-refractivity contribution in [3.63, 3.8) is 0 Å². The molecule has 1 N–H and O–H groups in total. The number of hydrogen-bond acceptors (Lipinski definition) is 1. The summed E-state index contributed by atoms with van der Waals surface area (Å²) in [7, 11) is 0. The van der Waals surface area contributed by atoms with Gasteiger partial charge in [-0.1, -0.05) is 0 Å². The predicted octanol–water partition coefficient (Wildman–Crippen LogP) is 1.22. The molecule has 0 spiro atoms. The average molecular weight is 178 g/mol. The van der Waals surface area contributed by atoms with E-state index in [0.29, 0.717) is 0 Å². The molecule has 3 heteroatoms. The fourth-order valence-electron chi connectivity index (χ4n) is 0.221. The van der Waals surface area contributed by atoms with Gasteiger partial charge in [0.1, 0.15) is 0 Å². The second-order valence-corrected chi connectivity index (χ2v) is 7.65. The van der Waals surface area contributed by atoms with Crippen molar-refractivity contribution in [3.8, 4) is 0 Å². The van der Waals surface area contributed by atoms with E-state index in [1.54, 1.807) is 6.92 Å². The van der Waals surface area contributed by atoms with Crippen molar-refractivity contribution in [3.05, 3.63) is 0 Å². The number of carboxylic acid groups (broad SMARTS) is 1. The molecule has 0 aliphatic rings. The zero-order valence-electron chi connectivity index (χ0n) is 5.38. The quantitative estimate of drug-likeness (QED) is 0.645. The monoisotopic (exact) mass is 178 g/mol. The standard InChI is InChI=1S/C5H11AsO2/c1-4(5(7)8)6(2)3/h4H,1-3H3,(H,7,8). The first-order valence-corrected chi connectivity index (χ1v) is 7.28. The summed E-state index contributed by atoms with van der Waals surface area (Å²) in [5.41, 5.74) is 4.09. The van der Waals surface area contributed by atoms with E-state index in [1.807, 2.05) is 11.4 Å². The summed E-state index contributed by atoms with van der Waals surface area (Å²) >= 11 is -0.980. The van der Waals surface area contributed by atoms with Crippen LogP contribution in [0.5, 0.6) is 0 Å². The topological polar surface area (TPSA) is 37.3 Å². The van der Waals surface area contributed by atoms with Gasteiger partial charge in [-0.15, -0.1) is 0 Å². The van der Waals surface area contributed by atoms with Gasteiger partial charge in [0.15, 0.2) is 0 Å². The number of carboxylic acids is 1. The molecule has 8 heavy (non-hydrogen) atoms. The average Bonchev–Trinajstić information content (AvgIpc) is 1.64. The van der Waals surface area contributed by atoms with Crippen LogP contribution >= 0.6 is 0 Å². The molecule has 48 valence electrons. The Morgan fingerprint density at radius 2 is 2.00 bits per heavy atom. The molecule has 0 aromatic heterocycles. The van der Waals surface area contributed by atoms with Gasteiger partial charge in [0.25, 0.3) is 0 Å². The Morgan fingerprint density at radius 3 is 2.00 bits per heavy atom. The molecule has 0 saturated heterocycles. The molecule has 0 rings (SSSR count). The van der Waals surface area contributed by atoms with Crippen molar-refractivity contribution in [2.75, 3.05) is 0 Å². The Labute approximate surface area is 54.2 Å². The molecule has 1 unspecified atom stereocenters. The zero-order valence-corrected chi connectivity index (χ0v) is 7.26. The minimum atomic E-state index is -0.980. The van der Waals surface area contributed by atoms with Crippen molar-refractivity contribution in [1.29, 1.82) is 0 Å². The van der Waals surface area contributed by atoms with Crippen LogP contribution in [0.1, 0.15) is 6.92 Å². The molecular formula is C5H11AsO2. The van der Waals surface area contributed by atoms with Gasteiger partial charge in [-0.3, -0.25) is 0 Å². The molecule has 1 atom stereocenters. The molecule has 0 aliphatic carbocycles. The van der Waals surface area contributed by atoms with Gasteiger partial charge in [-0.05, 0) is 0 Å². The molecule has 0 aliphatic heterocycles. The number of aliphatic carboxylic acids is 1. The molecule has 0 saturated carbocycles. The Morgan fingerprint density at radius 1 is 1.62 bits per heavy atom. The molecular weight excluding hydrogens is 167 g/mol. The van der Waals surface area contributed by atoms with Crippen molar-refractivity contribution < 1.29 is 9.90 Å². The van der Waals surface area contributed by atoms with Crippen LogP contribution in [-0.4, -0.2) is 25.7 Å². The zero-order chi connectivity index (χ0) is 6.73. The maximum absolute atomic E-state index is 10.2. The predicted molar refractivity (Wildman–Crippen MR) is 34.5 cm³/mol. The first-order chi connectivity index (χ1) is 3.55. The minimum absolute atomic E-state index is 0.0671. The summed E-state index contributed by atoms with van der Waals surface area (Å²) in [6.45, 7) is 1.78. The fourth-order valence-corrected chi connectivity index (χ4v) is 1.15. The molecule has 2 nitrogen and oxygen atoms in total. The first-order valence-electron chi connectivity index (χ1n) is 2.45. The summed E-state index contributed by atoms with van der Waals surface area (Å²) in [5.74, 6) is -0.644. The van der Waals surface area contributed by atoms with Crippen LogP contribution < -0.4 is 0 Å². The number of rotatable bonds is 2. The van der Waals surface area contributed by atoms with Gasteiger partial charge in [0.2, 0.25) is 0 Å².